The first-order valence-electron chi connectivity index (χ1n) is 12.3. The van der Waals surface area contributed by atoms with Gasteiger partial charge < -0.3 is 29.7 Å². The van der Waals surface area contributed by atoms with Crippen LogP contribution in [0.25, 0.3) is 65.9 Å². The predicted molar refractivity (Wildman–Crippen MR) is 152 cm³/mol. The highest BCUT2D eigenvalue weighted by atomic mass is 16.5. The summed E-state index contributed by atoms with van der Waals surface area (Å²) in [6.45, 7) is 0. The molecular weight excluding hydrogens is 476 g/mol. The number of rotatable bonds is 4. The van der Waals surface area contributed by atoms with Crippen molar-refractivity contribution in [3.05, 3.63) is 84.9 Å². The molecule has 7 aromatic rings. The number of benzene rings is 5. The second kappa shape index (κ2) is 8.21. The number of hydrogen-bond donors (Lipinski definition) is 4. The molecule has 7 rings (SSSR count). The van der Waals surface area contributed by atoms with Crippen LogP contribution >= 0.6 is 0 Å². The Bertz CT molecular complexity index is 1890. The van der Waals surface area contributed by atoms with Crippen LogP contribution in [0.3, 0.4) is 0 Å². The molecule has 2 aromatic heterocycles. The largest absolute Gasteiger partial charge is 0.504 e. The van der Waals surface area contributed by atoms with Gasteiger partial charge in [0.25, 0.3) is 0 Å². The monoisotopic (exact) mass is 500 g/mol. The third-order valence-electron chi connectivity index (χ3n) is 7.35. The van der Waals surface area contributed by atoms with Crippen molar-refractivity contribution in [2.24, 2.45) is 0 Å². The fraction of sp³-hybridized carbons (Fsp3) is 0.0625. The van der Waals surface area contributed by atoms with Gasteiger partial charge in [0.2, 0.25) is 0 Å². The van der Waals surface area contributed by atoms with Gasteiger partial charge in [-0.15, -0.1) is 0 Å². The van der Waals surface area contributed by atoms with Crippen LogP contribution in [-0.4, -0.2) is 34.4 Å². The summed E-state index contributed by atoms with van der Waals surface area (Å²) in [4.78, 5) is 7.39. The van der Waals surface area contributed by atoms with Crippen molar-refractivity contribution >= 4 is 43.6 Å². The van der Waals surface area contributed by atoms with E-state index in [-0.39, 0.29) is 11.5 Å². The zero-order chi connectivity index (χ0) is 26.0. The molecule has 5 aromatic carbocycles. The maximum atomic E-state index is 10.3. The van der Waals surface area contributed by atoms with Gasteiger partial charge in [0.05, 0.1) is 25.3 Å². The van der Waals surface area contributed by atoms with E-state index in [4.69, 9.17) is 9.47 Å². The van der Waals surface area contributed by atoms with Crippen molar-refractivity contribution in [2.45, 2.75) is 0 Å². The maximum absolute atomic E-state index is 10.3. The highest BCUT2D eigenvalue weighted by Gasteiger charge is 2.24. The minimum Gasteiger partial charge on any atom is -0.504 e. The van der Waals surface area contributed by atoms with Gasteiger partial charge in [0.15, 0.2) is 23.0 Å². The smallest absolute Gasteiger partial charge is 0.161 e. The lowest BCUT2D eigenvalue weighted by Gasteiger charge is -2.15. The highest BCUT2D eigenvalue weighted by Crippen LogP contribution is 2.49. The van der Waals surface area contributed by atoms with Crippen molar-refractivity contribution in [1.82, 2.24) is 9.97 Å². The van der Waals surface area contributed by atoms with Gasteiger partial charge in [-0.1, -0.05) is 48.5 Å². The molecule has 0 saturated carbocycles. The number of nitrogens with one attached hydrogen (secondary N) is 2. The second-order valence-electron chi connectivity index (χ2n) is 9.36. The number of aromatic hydroxyl groups is 2. The lowest BCUT2D eigenvalue weighted by atomic mass is 9.90. The molecule has 6 heteroatoms. The molecule has 2 heterocycles. The van der Waals surface area contributed by atoms with E-state index in [1.165, 1.54) is 0 Å². The summed E-state index contributed by atoms with van der Waals surface area (Å²) in [5, 5.41) is 25.0. The van der Waals surface area contributed by atoms with E-state index in [9.17, 15) is 10.2 Å². The number of methoxy groups -OCH3 is 2. The fourth-order valence-corrected chi connectivity index (χ4v) is 5.67. The molecule has 4 N–H and O–H groups in total. The summed E-state index contributed by atoms with van der Waals surface area (Å²) in [6.07, 6.45) is 0. The minimum absolute atomic E-state index is 0.0899. The normalized spacial score (nSPS) is 11.6. The third kappa shape index (κ3) is 3.07. The van der Waals surface area contributed by atoms with Gasteiger partial charge >= 0.3 is 0 Å². The van der Waals surface area contributed by atoms with Gasteiger partial charge in [0, 0.05) is 43.7 Å². The average molecular weight is 501 g/mol. The summed E-state index contributed by atoms with van der Waals surface area (Å²) in [6, 6.07) is 27.4. The summed E-state index contributed by atoms with van der Waals surface area (Å²) in [5.41, 5.74) is 7.82. The molecule has 0 amide bonds. The first-order valence-corrected chi connectivity index (χ1v) is 12.3. The zero-order valence-corrected chi connectivity index (χ0v) is 20.8. The number of aromatic amines is 2. The molecule has 0 aliphatic heterocycles. The first kappa shape index (κ1) is 22.1. The van der Waals surface area contributed by atoms with Gasteiger partial charge in [-0.05, 0) is 47.5 Å². The predicted octanol–water partition coefficient (Wildman–Crippen LogP) is 7.72. The Morgan fingerprint density at radius 3 is 1.39 bits per heavy atom. The fourth-order valence-electron chi connectivity index (χ4n) is 5.67. The first-order chi connectivity index (χ1) is 18.6. The second-order valence-corrected chi connectivity index (χ2v) is 9.36. The molecule has 0 bridgehead atoms. The van der Waals surface area contributed by atoms with Crippen LogP contribution in [0.2, 0.25) is 0 Å². The molecule has 186 valence electrons. The lowest BCUT2D eigenvalue weighted by Crippen LogP contribution is -1.91. The number of ether oxygens (including phenoxy) is 2. The molecular formula is C32H24N2O4. The van der Waals surface area contributed by atoms with Gasteiger partial charge in [-0.3, -0.25) is 0 Å². The Hall–Kier alpha value is -5.10. The number of aromatic nitrogens is 2. The van der Waals surface area contributed by atoms with Crippen LogP contribution in [0.1, 0.15) is 0 Å². The van der Waals surface area contributed by atoms with Crippen LogP contribution in [0.5, 0.6) is 23.0 Å². The van der Waals surface area contributed by atoms with E-state index >= 15 is 0 Å². The van der Waals surface area contributed by atoms with Crippen LogP contribution in [0, 0.1) is 0 Å². The van der Waals surface area contributed by atoms with Crippen molar-refractivity contribution in [3.63, 3.8) is 0 Å². The summed E-state index contributed by atoms with van der Waals surface area (Å²) < 4.78 is 11.0. The zero-order valence-electron chi connectivity index (χ0n) is 20.8. The van der Waals surface area contributed by atoms with E-state index in [1.807, 2.05) is 48.5 Å². The molecule has 0 radical (unpaired) electrons. The number of hydrogen-bond acceptors (Lipinski definition) is 4. The van der Waals surface area contributed by atoms with E-state index < -0.39 is 0 Å². The molecule has 0 aliphatic carbocycles. The van der Waals surface area contributed by atoms with Crippen LogP contribution in [0.15, 0.2) is 84.9 Å². The van der Waals surface area contributed by atoms with Crippen molar-refractivity contribution in [2.75, 3.05) is 14.2 Å². The average Bonchev–Trinajstić information content (AvgIpc) is 3.51. The van der Waals surface area contributed by atoms with E-state index in [2.05, 4.69) is 34.2 Å². The quantitative estimate of drug-likeness (QED) is 0.199. The van der Waals surface area contributed by atoms with Gasteiger partial charge in [0.1, 0.15) is 0 Å². The molecule has 0 saturated heterocycles. The number of phenols is 2. The minimum atomic E-state index is 0.0899. The highest BCUT2D eigenvalue weighted by molar-refractivity contribution is 6.31. The Balaban J connectivity index is 1.76. The molecule has 6 nitrogen and oxygen atoms in total. The third-order valence-corrected chi connectivity index (χ3v) is 7.35. The Morgan fingerprint density at radius 1 is 0.553 bits per heavy atom. The van der Waals surface area contributed by atoms with Crippen LogP contribution in [-0.2, 0) is 0 Å². The molecule has 0 fully saturated rings. The summed E-state index contributed by atoms with van der Waals surface area (Å²) in [7, 11) is 3.11. The Kier molecular flexibility index (Phi) is 4.78. The van der Waals surface area contributed by atoms with Gasteiger partial charge in [-0.25, -0.2) is 0 Å². The van der Waals surface area contributed by atoms with E-state index in [0.717, 1.165) is 65.9 Å². The van der Waals surface area contributed by atoms with Gasteiger partial charge in [-0.2, -0.15) is 0 Å². The molecule has 38 heavy (non-hydrogen) atoms. The number of para-hydroxylation sites is 2. The van der Waals surface area contributed by atoms with E-state index in [0.29, 0.717) is 11.5 Å². The van der Waals surface area contributed by atoms with Crippen LogP contribution in [0.4, 0.5) is 0 Å². The Labute approximate surface area is 217 Å². The van der Waals surface area contributed by atoms with Crippen LogP contribution < -0.4 is 9.47 Å². The number of phenolic OH excluding ortho intramolecular Hbond substituents is 2. The topological polar surface area (TPSA) is 90.5 Å². The molecule has 0 aliphatic rings. The SMILES string of the molecule is COc1cc(-c2c3[nH]c4ccccc4c3c(-c3ccc(O)c(OC)c3)c3[nH]c4ccccc4c23)ccc1O. The standard InChI is InChI=1S/C32H24N2O4/c1-37-25-15-17(11-13-23(25)35)27-29-19-7-3-5-9-21(19)34-32(29)28(18-12-14-24(36)26(16-18)38-2)30-20-8-4-6-10-22(20)33-31(27)30/h3-16,33-36H,1-2H3. The molecule has 0 atom stereocenters. The summed E-state index contributed by atoms with van der Waals surface area (Å²) >= 11 is 0. The number of H-pyrrole nitrogens is 2. The molecule has 0 spiro atoms. The summed E-state index contributed by atoms with van der Waals surface area (Å²) in [5.74, 6) is 0.999. The maximum Gasteiger partial charge on any atom is 0.161 e. The Morgan fingerprint density at radius 2 is 0.974 bits per heavy atom. The van der Waals surface area contributed by atoms with Crippen molar-refractivity contribution in [3.8, 4) is 45.3 Å². The number of fused-ring (bicyclic) bond motifs is 6. The van der Waals surface area contributed by atoms with Crippen molar-refractivity contribution < 1.29 is 19.7 Å². The lowest BCUT2D eigenvalue weighted by molar-refractivity contribution is 0.373. The van der Waals surface area contributed by atoms with Crippen molar-refractivity contribution in [1.29, 1.82) is 0 Å². The molecule has 0 unspecified atom stereocenters. The van der Waals surface area contributed by atoms with E-state index in [1.54, 1.807) is 26.4 Å².